The molecule has 2 saturated carbocycles. The van der Waals surface area contributed by atoms with E-state index in [1.165, 1.54) is 14.0 Å². The lowest BCUT2D eigenvalue weighted by atomic mass is 9.50. The summed E-state index contributed by atoms with van der Waals surface area (Å²) in [7, 11) is 1.31. The summed E-state index contributed by atoms with van der Waals surface area (Å²) < 4.78 is 76.6. The number of carbonyl (C=O) groups is 2. The topological polar surface area (TPSA) is 75.6 Å². The molecular weight excluding hydrogens is 593 g/mol. The molecule has 0 aliphatic heterocycles. The van der Waals surface area contributed by atoms with E-state index in [4.69, 9.17) is 4.74 Å². The molecule has 4 aliphatic carbocycles. The molecule has 2 unspecified atom stereocenters. The van der Waals surface area contributed by atoms with Crippen molar-refractivity contribution in [3.05, 3.63) is 88.0 Å². The van der Waals surface area contributed by atoms with E-state index in [0.717, 1.165) is 27.8 Å². The van der Waals surface area contributed by atoms with Gasteiger partial charge in [0.1, 0.15) is 5.60 Å². The smallest absolute Gasteiger partial charge is 0.456 e. The van der Waals surface area contributed by atoms with Gasteiger partial charge in [0.25, 0.3) is 0 Å². The lowest BCUT2D eigenvalue weighted by Crippen LogP contribution is -2.65. The quantitative estimate of drug-likeness (QED) is 0.251. The number of esters is 1. The molecule has 10 heteroatoms. The van der Waals surface area contributed by atoms with Gasteiger partial charge in [0.2, 0.25) is 0 Å². The van der Waals surface area contributed by atoms with Crippen LogP contribution in [0.15, 0.2) is 71.3 Å². The Balaban J connectivity index is 1.35. The zero-order valence-electron chi connectivity index (χ0n) is 25.1. The van der Waals surface area contributed by atoms with Crippen molar-refractivity contribution in [2.45, 2.75) is 82.0 Å². The number of ether oxygens (including phenoxy) is 1. The maximum absolute atomic E-state index is 15.2. The fraction of sp³-hybridized carbons (Fsp3) is 0.486. The van der Waals surface area contributed by atoms with Crippen LogP contribution in [0.25, 0.3) is 0 Å². The molecule has 5 nitrogen and oxygen atoms in total. The average molecular weight is 630 g/mol. The number of hydrogen-bond acceptors (Lipinski definition) is 5. The van der Waals surface area contributed by atoms with E-state index in [2.05, 4.69) is 5.32 Å². The molecule has 2 N–H and O–H groups in total. The summed E-state index contributed by atoms with van der Waals surface area (Å²) in [5.41, 5.74) is 0.864. The Bertz CT molecular complexity index is 1580. The molecule has 0 heterocycles. The van der Waals surface area contributed by atoms with E-state index in [1.54, 1.807) is 24.3 Å². The van der Waals surface area contributed by atoms with Crippen molar-refractivity contribution >= 4 is 17.4 Å². The van der Waals surface area contributed by atoms with E-state index in [1.807, 2.05) is 30.3 Å². The molecule has 45 heavy (non-hydrogen) atoms. The average Bonchev–Trinajstić information content (AvgIpc) is 3.30. The Labute approximate surface area is 258 Å². The summed E-state index contributed by atoms with van der Waals surface area (Å²) in [6.45, 7) is 1.84. The highest BCUT2D eigenvalue weighted by molar-refractivity contribution is 5.93. The van der Waals surface area contributed by atoms with E-state index < -0.39 is 47.3 Å². The van der Waals surface area contributed by atoms with Crippen molar-refractivity contribution in [1.29, 1.82) is 0 Å². The Hall–Kier alpha value is -3.53. The van der Waals surface area contributed by atoms with Crippen LogP contribution in [0, 0.1) is 17.3 Å². The van der Waals surface area contributed by atoms with Gasteiger partial charge < -0.3 is 15.2 Å². The fourth-order valence-corrected chi connectivity index (χ4v) is 8.66. The first kappa shape index (κ1) is 31.5. The van der Waals surface area contributed by atoms with Crippen molar-refractivity contribution in [3.8, 4) is 0 Å². The van der Waals surface area contributed by atoms with Crippen LogP contribution < -0.4 is 5.32 Å². The van der Waals surface area contributed by atoms with E-state index in [9.17, 15) is 27.9 Å². The Kier molecular flexibility index (Phi) is 7.74. The van der Waals surface area contributed by atoms with Gasteiger partial charge in [-0.05, 0) is 96.9 Å². The number of aliphatic hydroxyl groups is 1. The standard InChI is InChI=1S/C35H36F5NO4/c1-32-18-28(21-8-6-20(7-9-21)19-41-24-5-3-4-23(16-24)31(43)45-2)30-26-13-11-25(42)17-22(26)10-12-27(30)29(32)14-15-33(32,44)34(36,37)35(38,39)40/h3-9,16-17,27-29,41,44H,10-15,18-19H2,1-2H3/t27?,28-,29?,32+,33-/m1/s1. The lowest BCUT2D eigenvalue weighted by Gasteiger charge is -2.56. The van der Waals surface area contributed by atoms with E-state index >= 15 is 8.78 Å². The third-order valence-electron chi connectivity index (χ3n) is 10.9. The van der Waals surface area contributed by atoms with Crippen molar-refractivity contribution < 1.29 is 41.4 Å². The van der Waals surface area contributed by atoms with Gasteiger partial charge in [0.05, 0.1) is 12.7 Å². The predicted octanol–water partition coefficient (Wildman–Crippen LogP) is 7.91. The maximum Gasteiger partial charge on any atom is 0.456 e. The van der Waals surface area contributed by atoms with Gasteiger partial charge in [-0.3, -0.25) is 4.79 Å². The monoisotopic (exact) mass is 629 g/mol. The molecule has 0 amide bonds. The predicted molar refractivity (Wildman–Crippen MR) is 158 cm³/mol. The number of benzene rings is 2. The van der Waals surface area contributed by atoms with Gasteiger partial charge in [-0.1, -0.05) is 42.8 Å². The Morgan fingerprint density at radius 3 is 2.47 bits per heavy atom. The molecule has 6 rings (SSSR count). The first-order chi connectivity index (χ1) is 21.2. The zero-order chi connectivity index (χ0) is 32.4. The number of hydrogen-bond donors (Lipinski definition) is 2. The molecule has 0 spiro atoms. The van der Waals surface area contributed by atoms with Crippen molar-refractivity contribution in [3.63, 3.8) is 0 Å². The minimum atomic E-state index is -5.88. The van der Waals surface area contributed by atoms with Gasteiger partial charge in [0.15, 0.2) is 5.78 Å². The molecule has 0 aromatic heterocycles. The van der Waals surface area contributed by atoms with Gasteiger partial charge in [-0.2, -0.15) is 22.0 Å². The van der Waals surface area contributed by atoms with Crippen LogP contribution >= 0.6 is 0 Å². The van der Waals surface area contributed by atoms with Crippen LogP contribution in [0.2, 0.25) is 0 Å². The summed E-state index contributed by atoms with van der Waals surface area (Å²) in [5.74, 6) is -6.98. The molecule has 4 aliphatic rings. The third kappa shape index (κ3) is 5.00. The third-order valence-corrected chi connectivity index (χ3v) is 10.9. The minimum absolute atomic E-state index is 0.0408. The zero-order valence-corrected chi connectivity index (χ0v) is 25.1. The highest BCUT2D eigenvalue weighted by atomic mass is 19.4. The SMILES string of the molecule is COC(=O)c1cccc(NCc2ccc([C@H]3C[C@@]4(C)C(CC[C@]4(O)C(F)(F)C(F)(F)F)C4CCC5=CC(=O)CCC5=C43)cc2)c1. The Morgan fingerprint density at radius 1 is 1.04 bits per heavy atom. The van der Waals surface area contributed by atoms with Crippen LogP contribution in [0.4, 0.5) is 27.6 Å². The van der Waals surface area contributed by atoms with Gasteiger partial charge in [-0.15, -0.1) is 0 Å². The first-order valence-electron chi connectivity index (χ1n) is 15.3. The second-order valence-corrected chi connectivity index (χ2v) is 13.1. The summed E-state index contributed by atoms with van der Waals surface area (Å²) in [4.78, 5) is 24.2. The molecule has 0 saturated heterocycles. The maximum atomic E-state index is 15.2. The number of alkyl halides is 5. The number of fused-ring (bicyclic) bond motifs is 4. The first-order valence-corrected chi connectivity index (χ1v) is 15.3. The van der Waals surface area contributed by atoms with Crippen LogP contribution in [-0.2, 0) is 16.1 Å². The number of carbonyl (C=O) groups excluding carboxylic acids is 2. The van der Waals surface area contributed by atoms with Crippen LogP contribution in [-0.4, -0.2) is 41.7 Å². The van der Waals surface area contributed by atoms with Crippen LogP contribution in [0.3, 0.4) is 0 Å². The second kappa shape index (κ2) is 11.1. The molecule has 0 radical (unpaired) electrons. The molecule has 2 aromatic rings. The number of rotatable bonds is 6. The van der Waals surface area contributed by atoms with Crippen LogP contribution in [0.1, 0.15) is 79.3 Å². The van der Waals surface area contributed by atoms with Crippen molar-refractivity contribution in [2.24, 2.45) is 17.3 Å². The number of halogens is 5. The van der Waals surface area contributed by atoms with Gasteiger partial charge in [0, 0.05) is 30.0 Å². The largest absolute Gasteiger partial charge is 0.465 e. The van der Waals surface area contributed by atoms with Gasteiger partial charge >= 0.3 is 18.1 Å². The summed E-state index contributed by atoms with van der Waals surface area (Å²) in [6.07, 6.45) is -2.88. The fourth-order valence-electron chi connectivity index (χ4n) is 8.66. The molecule has 2 aromatic carbocycles. The summed E-state index contributed by atoms with van der Waals surface area (Å²) >= 11 is 0. The Morgan fingerprint density at radius 2 is 1.78 bits per heavy atom. The normalized spacial score (nSPS) is 29.8. The highest BCUT2D eigenvalue weighted by Gasteiger charge is 2.79. The number of ketones is 1. The summed E-state index contributed by atoms with van der Waals surface area (Å²) in [6, 6.07) is 14.4. The number of anilines is 1. The molecule has 5 atom stereocenters. The highest BCUT2D eigenvalue weighted by Crippen LogP contribution is 2.70. The van der Waals surface area contributed by atoms with Crippen molar-refractivity contribution in [2.75, 3.05) is 12.4 Å². The number of allylic oxidation sites excluding steroid dienone is 4. The van der Waals surface area contributed by atoms with Crippen molar-refractivity contribution in [1.82, 2.24) is 0 Å². The number of nitrogens with one attached hydrogen (secondary N) is 1. The second-order valence-electron chi connectivity index (χ2n) is 13.1. The lowest BCUT2D eigenvalue weighted by molar-refractivity contribution is -0.362. The van der Waals surface area contributed by atoms with Gasteiger partial charge in [-0.25, -0.2) is 4.79 Å². The van der Waals surface area contributed by atoms with E-state index in [-0.39, 0.29) is 24.5 Å². The number of methoxy groups -OCH3 is 1. The molecule has 0 bridgehead atoms. The summed E-state index contributed by atoms with van der Waals surface area (Å²) in [5, 5.41) is 14.7. The van der Waals surface area contributed by atoms with E-state index in [0.29, 0.717) is 43.5 Å². The molecular formula is C35H36F5NO4. The minimum Gasteiger partial charge on any atom is -0.465 e. The molecule has 240 valence electrons. The van der Waals surface area contributed by atoms with Crippen LogP contribution in [0.5, 0.6) is 0 Å². The molecule has 2 fully saturated rings.